The van der Waals surface area contributed by atoms with E-state index in [1.54, 1.807) is 6.92 Å². The van der Waals surface area contributed by atoms with Crippen molar-refractivity contribution in [3.05, 3.63) is 61.4 Å². The molecule has 0 heterocycles. The van der Waals surface area contributed by atoms with Gasteiger partial charge < -0.3 is 11.1 Å². The monoisotopic (exact) mass is 474 g/mol. The second kappa shape index (κ2) is 6.60. The Morgan fingerprint density at radius 2 is 1.62 bits per heavy atom. The third kappa shape index (κ3) is 3.74. The molecule has 0 aliphatic carbocycles. The van der Waals surface area contributed by atoms with Gasteiger partial charge in [0, 0.05) is 13.4 Å². The molecule has 1 unspecified atom stereocenters. The highest BCUT2D eigenvalue weighted by Gasteiger charge is 2.31. The molecule has 2 aromatic rings. The van der Waals surface area contributed by atoms with E-state index in [0.29, 0.717) is 5.69 Å². The number of nitrogens with two attached hydrogens (primary N) is 1. The van der Waals surface area contributed by atoms with Crippen molar-refractivity contribution in [2.75, 3.05) is 5.32 Å². The Labute approximate surface area is 148 Å². The zero-order chi connectivity index (χ0) is 15.6. The van der Waals surface area contributed by atoms with Gasteiger partial charge in [0.05, 0.1) is 5.69 Å². The normalized spacial score (nSPS) is 13.6. The van der Waals surface area contributed by atoms with Crippen LogP contribution in [0.1, 0.15) is 12.5 Å². The molecule has 0 spiro atoms. The van der Waals surface area contributed by atoms with Gasteiger partial charge in [0.25, 0.3) is 0 Å². The Morgan fingerprint density at radius 3 is 2.14 bits per heavy atom. The van der Waals surface area contributed by atoms with Crippen molar-refractivity contribution in [3.63, 3.8) is 0 Å². The molecule has 0 aromatic heterocycles. The van der Waals surface area contributed by atoms with Gasteiger partial charge in [-0.05, 0) is 56.5 Å². The van der Waals surface area contributed by atoms with Crippen molar-refractivity contribution in [2.24, 2.45) is 5.73 Å². The van der Waals surface area contributed by atoms with Crippen LogP contribution in [-0.4, -0.2) is 5.91 Å². The highest BCUT2D eigenvalue weighted by atomic mass is 79.9. The zero-order valence-corrected chi connectivity index (χ0v) is 15.9. The molecular weight excluding hydrogens is 464 g/mol. The average Bonchev–Trinajstić information content (AvgIpc) is 2.43. The summed E-state index contributed by atoms with van der Waals surface area (Å²) in [5, 5.41) is 2.87. The molecule has 21 heavy (non-hydrogen) atoms. The van der Waals surface area contributed by atoms with E-state index >= 15 is 0 Å². The van der Waals surface area contributed by atoms with Crippen LogP contribution in [0.2, 0.25) is 0 Å². The maximum Gasteiger partial charge on any atom is 0.248 e. The van der Waals surface area contributed by atoms with E-state index in [1.807, 2.05) is 42.5 Å². The second-order valence-corrected chi connectivity index (χ2v) is 7.39. The Morgan fingerprint density at radius 1 is 1.10 bits per heavy atom. The minimum Gasteiger partial charge on any atom is -0.322 e. The summed E-state index contributed by atoms with van der Waals surface area (Å²) in [5.41, 5.74) is 6.49. The molecule has 2 rings (SSSR count). The van der Waals surface area contributed by atoms with Crippen LogP contribution in [0, 0.1) is 0 Å². The topological polar surface area (TPSA) is 55.1 Å². The molecule has 0 aliphatic rings. The van der Waals surface area contributed by atoms with E-state index in [-0.39, 0.29) is 5.91 Å². The highest BCUT2D eigenvalue weighted by Crippen LogP contribution is 2.35. The van der Waals surface area contributed by atoms with Crippen molar-refractivity contribution in [1.82, 2.24) is 0 Å². The minimum absolute atomic E-state index is 0.280. The van der Waals surface area contributed by atoms with Crippen LogP contribution < -0.4 is 11.1 Å². The fraction of sp³-hybridized carbons (Fsp3) is 0.133. The van der Waals surface area contributed by atoms with E-state index in [9.17, 15) is 4.79 Å². The van der Waals surface area contributed by atoms with E-state index in [2.05, 4.69) is 53.1 Å². The van der Waals surface area contributed by atoms with Crippen molar-refractivity contribution in [3.8, 4) is 0 Å². The first-order chi connectivity index (χ1) is 9.82. The molecule has 110 valence electrons. The molecule has 6 heteroatoms. The van der Waals surface area contributed by atoms with E-state index < -0.39 is 5.54 Å². The number of carbonyl (C=O) groups is 1. The lowest BCUT2D eigenvalue weighted by atomic mass is 9.92. The summed E-state index contributed by atoms with van der Waals surface area (Å²) in [6.45, 7) is 1.69. The number of anilines is 1. The number of benzene rings is 2. The molecule has 0 saturated carbocycles. The standard InChI is InChI=1S/C15H13Br3N2O/c1-15(19,9-5-3-2-4-6-9)14(21)20-13-11(17)7-10(16)8-12(13)18/h2-8H,19H2,1H3,(H,20,21). The molecular formula is C15H13Br3N2O. The summed E-state index contributed by atoms with van der Waals surface area (Å²) in [6.07, 6.45) is 0. The molecule has 3 nitrogen and oxygen atoms in total. The third-order valence-electron chi connectivity index (χ3n) is 3.09. The Kier molecular flexibility index (Phi) is 5.24. The number of halogens is 3. The zero-order valence-electron chi connectivity index (χ0n) is 11.2. The summed E-state index contributed by atoms with van der Waals surface area (Å²) in [7, 11) is 0. The Hall–Kier alpha value is -0.690. The van der Waals surface area contributed by atoms with Gasteiger partial charge in [-0.2, -0.15) is 0 Å². The molecule has 0 bridgehead atoms. The number of amides is 1. The van der Waals surface area contributed by atoms with E-state index in [4.69, 9.17) is 5.73 Å². The number of carbonyl (C=O) groups excluding carboxylic acids is 1. The van der Waals surface area contributed by atoms with Crippen molar-refractivity contribution < 1.29 is 4.79 Å². The van der Waals surface area contributed by atoms with Gasteiger partial charge in [-0.3, -0.25) is 4.79 Å². The first-order valence-electron chi connectivity index (χ1n) is 6.13. The fourth-order valence-electron chi connectivity index (χ4n) is 1.82. The van der Waals surface area contributed by atoms with Crippen LogP contribution in [0.15, 0.2) is 55.9 Å². The van der Waals surface area contributed by atoms with Gasteiger partial charge in [-0.25, -0.2) is 0 Å². The van der Waals surface area contributed by atoms with Crippen LogP contribution in [0.5, 0.6) is 0 Å². The summed E-state index contributed by atoms with van der Waals surface area (Å²) in [6, 6.07) is 13.0. The highest BCUT2D eigenvalue weighted by molar-refractivity contribution is 9.11. The number of hydrogen-bond donors (Lipinski definition) is 2. The first-order valence-corrected chi connectivity index (χ1v) is 8.50. The van der Waals surface area contributed by atoms with Gasteiger partial charge in [0.1, 0.15) is 5.54 Å². The molecule has 0 radical (unpaired) electrons. The first kappa shape index (κ1) is 16.7. The quantitative estimate of drug-likeness (QED) is 0.669. The molecule has 2 aromatic carbocycles. The van der Waals surface area contributed by atoms with Crippen LogP contribution in [0.3, 0.4) is 0 Å². The predicted molar refractivity (Wildman–Crippen MR) is 96.2 cm³/mol. The van der Waals surface area contributed by atoms with Gasteiger partial charge in [-0.1, -0.05) is 46.3 Å². The van der Waals surface area contributed by atoms with Gasteiger partial charge >= 0.3 is 0 Å². The summed E-state index contributed by atoms with van der Waals surface area (Å²) in [5.74, 6) is -0.280. The number of nitrogens with one attached hydrogen (secondary N) is 1. The van der Waals surface area contributed by atoms with Crippen molar-refractivity contribution in [2.45, 2.75) is 12.5 Å². The Bertz CT molecular complexity index is 649. The van der Waals surface area contributed by atoms with Crippen molar-refractivity contribution in [1.29, 1.82) is 0 Å². The molecule has 0 aliphatic heterocycles. The summed E-state index contributed by atoms with van der Waals surface area (Å²) in [4.78, 5) is 12.5. The number of hydrogen-bond acceptors (Lipinski definition) is 2. The SMILES string of the molecule is CC(N)(C(=O)Nc1c(Br)cc(Br)cc1Br)c1ccccc1. The maximum atomic E-state index is 12.5. The largest absolute Gasteiger partial charge is 0.322 e. The smallest absolute Gasteiger partial charge is 0.248 e. The summed E-state index contributed by atoms with van der Waals surface area (Å²) < 4.78 is 2.43. The fourth-order valence-corrected chi connectivity index (χ4v) is 4.28. The van der Waals surface area contributed by atoms with Crippen LogP contribution in [0.4, 0.5) is 5.69 Å². The van der Waals surface area contributed by atoms with Crippen LogP contribution in [0.25, 0.3) is 0 Å². The Balaban J connectivity index is 2.30. The summed E-state index contributed by atoms with van der Waals surface area (Å²) >= 11 is 10.3. The number of rotatable bonds is 3. The van der Waals surface area contributed by atoms with E-state index in [1.165, 1.54) is 0 Å². The van der Waals surface area contributed by atoms with Crippen LogP contribution in [-0.2, 0) is 10.3 Å². The van der Waals surface area contributed by atoms with Crippen LogP contribution >= 0.6 is 47.8 Å². The van der Waals surface area contributed by atoms with Gasteiger partial charge in [0.2, 0.25) is 5.91 Å². The van der Waals surface area contributed by atoms with Gasteiger partial charge in [0.15, 0.2) is 0 Å². The lowest BCUT2D eigenvalue weighted by Crippen LogP contribution is -2.45. The molecule has 1 atom stereocenters. The minimum atomic E-state index is -1.12. The lowest BCUT2D eigenvalue weighted by molar-refractivity contribution is -0.120. The van der Waals surface area contributed by atoms with Gasteiger partial charge in [-0.15, -0.1) is 0 Å². The predicted octanol–water partition coefficient (Wildman–Crippen LogP) is 4.79. The lowest BCUT2D eigenvalue weighted by Gasteiger charge is -2.24. The van der Waals surface area contributed by atoms with E-state index in [0.717, 1.165) is 19.0 Å². The third-order valence-corrected chi connectivity index (χ3v) is 4.80. The van der Waals surface area contributed by atoms with Crippen molar-refractivity contribution >= 4 is 59.4 Å². The maximum absolute atomic E-state index is 12.5. The molecule has 1 amide bonds. The molecule has 3 N–H and O–H groups in total. The average molecular weight is 477 g/mol. The molecule has 0 fully saturated rings. The second-order valence-electron chi connectivity index (χ2n) is 4.77. The molecule has 0 saturated heterocycles.